The van der Waals surface area contributed by atoms with Crippen molar-refractivity contribution in [2.24, 2.45) is 7.05 Å². The Bertz CT molecular complexity index is 499. The van der Waals surface area contributed by atoms with Crippen LogP contribution in [0, 0.1) is 6.92 Å². The summed E-state index contributed by atoms with van der Waals surface area (Å²) in [5, 5.41) is 7.94. The van der Waals surface area contributed by atoms with Gasteiger partial charge in [-0.3, -0.25) is 4.68 Å². The Kier molecular flexibility index (Phi) is 4.74. The van der Waals surface area contributed by atoms with Crippen molar-refractivity contribution in [2.75, 3.05) is 13.1 Å². The Labute approximate surface area is 115 Å². The van der Waals surface area contributed by atoms with Crippen LogP contribution in [-0.2, 0) is 13.5 Å². The second kappa shape index (κ2) is 6.53. The molecule has 0 radical (unpaired) electrons. The molecule has 1 aromatic heterocycles. The lowest BCUT2D eigenvalue weighted by Crippen LogP contribution is -2.22. The lowest BCUT2D eigenvalue weighted by molar-refractivity contribution is 0.583. The first kappa shape index (κ1) is 13.8. The molecule has 1 aromatic carbocycles. The third kappa shape index (κ3) is 3.93. The molecule has 0 fully saturated rings. The summed E-state index contributed by atoms with van der Waals surface area (Å²) in [7, 11) is 1.97. The minimum atomic E-state index is 0.482. The molecule has 0 aliphatic rings. The van der Waals surface area contributed by atoms with Gasteiger partial charge in [-0.05, 0) is 31.5 Å². The molecule has 0 aliphatic heterocycles. The summed E-state index contributed by atoms with van der Waals surface area (Å²) in [4.78, 5) is 0. The first-order valence-corrected chi connectivity index (χ1v) is 6.95. The maximum Gasteiger partial charge on any atom is 0.0631 e. The summed E-state index contributed by atoms with van der Waals surface area (Å²) in [6.45, 7) is 6.27. The van der Waals surface area contributed by atoms with Gasteiger partial charge in [0.05, 0.1) is 5.69 Å². The molecule has 1 heterocycles. The molecule has 1 unspecified atom stereocenters. The van der Waals surface area contributed by atoms with Gasteiger partial charge >= 0.3 is 0 Å². The van der Waals surface area contributed by atoms with Gasteiger partial charge in [0.25, 0.3) is 0 Å². The fourth-order valence-electron chi connectivity index (χ4n) is 2.29. The van der Waals surface area contributed by atoms with Crippen LogP contribution in [0.2, 0.25) is 0 Å². The third-order valence-electron chi connectivity index (χ3n) is 3.41. The van der Waals surface area contributed by atoms with Crippen LogP contribution in [0.3, 0.4) is 0 Å². The summed E-state index contributed by atoms with van der Waals surface area (Å²) < 4.78 is 1.87. The number of nitrogens with one attached hydrogen (secondary N) is 1. The van der Waals surface area contributed by atoms with E-state index in [4.69, 9.17) is 0 Å². The lowest BCUT2D eigenvalue weighted by atomic mass is 9.93. The molecule has 19 heavy (non-hydrogen) atoms. The summed E-state index contributed by atoms with van der Waals surface area (Å²) >= 11 is 0. The number of hydrogen-bond donors (Lipinski definition) is 1. The van der Waals surface area contributed by atoms with Crippen molar-refractivity contribution in [3.63, 3.8) is 0 Å². The van der Waals surface area contributed by atoms with Crippen molar-refractivity contribution in [3.05, 3.63) is 53.3 Å². The van der Waals surface area contributed by atoms with Gasteiger partial charge < -0.3 is 5.32 Å². The van der Waals surface area contributed by atoms with Crippen molar-refractivity contribution in [1.29, 1.82) is 0 Å². The summed E-state index contributed by atoms with van der Waals surface area (Å²) in [6, 6.07) is 11.0. The highest BCUT2D eigenvalue weighted by molar-refractivity contribution is 5.26. The lowest BCUT2D eigenvalue weighted by Gasteiger charge is -2.17. The molecule has 2 rings (SSSR count). The van der Waals surface area contributed by atoms with Crippen molar-refractivity contribution in [2.45, 2.75) is 26.2 Å². The molecular formula is C16H23N3. The molecule has 1 N–H and O–H groups in total. The SMILES string of the molecule is CCNCC(Cc1ccn(C)n1)c1ccc(C)cc1. The Morgan fingerprint density at radius 1 is 1.21 bits per heavy atom. The van der Waals surface area contributed by atoms with Crippen LogP contribution in [0.1, 0.15) is 29.7 Å². The highest BCUT2D eigenvalue weighted by atomic mass is 15.2. The minimum absolute atomic E-state index is 0.482. The van der Waals surface area contributed by atoms with E-state index in [0.29, 0.717) is 5.92 Å². The predicted molar refractivity (Wildman–Crippen MR) is 79.4 cm³/mol. The Balaban J connectivity index is 2.13. The third-order valence-corrected chi connectivity index (χ3v) is 3.41. The second-order valence-electron chi connectivity index (χ2n) is 5.10. The first-order chi connectivity index (χ1) is 9.19. The molecule has 2 aromatic rings. The van der Waals surface area contributed by atoms with Crippen LogP contribution in [0.15, 0.2) is 36.5 Å². The van der Waals surface area contributed by atoms with E-state index in [0.717, 1.165) is 25.2 Å². The topological polar surface area (TPSA) is 29.9 Å². The molecule has 0 aliphatic carbocycles. The van der Waals surface area contributed by atoms with Crippen LogP contribution in [0.5, 0.6) is 0 Å². The van der Waals surface area contributed by atoms with Gasteiger partial charge in [-0.2, -0.15) is 5.10 Å². The van der Waals surface area contributed by atoms with E-state index in [1.54, 1.807) is 0 Å². The fourth-order valence-corrected chi connectivity index (χ4v) is 2.29. The molecule has 3 nitrogen and oxygen atoms in total. The summed E-state index contributed by atoms with van der Waals surface area (Å²) in [5.41, 5.74) is 3.85. The van der Waals surface area contributed by atoms with E-state index < -0.39 is 0 Å². The number of benzene rings is 1. The van der Waals surface area contributed by atoms with Crippen LogP contribution in [-0.4, -0.2) is 22.9 Å². The number of hydrogen-bond acceptors (Lipinski definition) is 2. The van der Waals surface area contributed by atoms with E-state index in [-0.39, 0.29) is 0 Å². The molecule has 0 amide bonds. The monoisotopic (exact) mass is 257 g/mol. The Morgan fingerprint density at radius 2 is 1.95 bits per heavy atom. The maximum atomic E-state index is 4.49. The number of aromatic nitrogens is 2. The predicted octanol–water partition coefficient (Wildman–Crippen LogP) is 2.66. The van der Waals surface area contributed by atoms with Gasteiger partial charge in [-0.15, -0.1) is 0 Å². The van der Waals surface area contributed by atoms with Gasteiger partial charge in [0, 0.05) is 25.7 Å². The van der Waals surface area contributed by atoms with Gasteiger partial charge in [0.2, 0.25) is 0 Å². The molecule has 0 spiro atoms. The number of likely N-dealkylation sites (N-methyl/N-ethyl adjacent to an activating group) is 1. The molecule has 0 saturated heterocycles. The van der Waals surface area contributed by atoms with E-state index in [2.05, 4.69) is 54.6 Å². The van der Waals surface area contributed by atoms with Crippen LogP contribution >= 0.6 is 0 Å². The zero-order valence-electron chi connectivity index (χ0n) is 12.1. The van der Waals surface area contributed by atoms with Crippen LogP contribution < -0.4 is 5.32 Å². The van der Waals surface area contributed by atoms with Crippen LogP contribution in [0.25, 0.3) is 0 Å². The molecule has 1 atom stereocenters. The van der Waals surface area contributed by atoms with Crippen molar-refractivity contribution >= 4 is 0 Å². The van der Waals surface area contributed by atoms with Crippen molar-refractivity contribution < 1.29 is 0 Å². The van der Waals surface area contributed by atoms with E-state index >= 15 is 0 Å². The highest BCUT2D eigenvalue weighted by Crippen LogP contribution is 2.20. The van der Waals surface area contributed by atoms with Crippen molar-refractivity contribution in [1.82, 2.24) is 15.1 Å². The van der Waals surface area contributed by atoms with E-state index in [1.165, 1.54) is 11.1 Å². The number of rotatable bonds is 6. The number of aryl methyl sites for hydroxylation is 2. The molecule has 0 bridgehead atoms. The second-order valence-corrected chi connectivity index (χ2v) is 5.10. The summed E-state index contributed by atoms with van der Waals surface area (Å²) in [6.07, 6.45) is 2.99. The first-order valence-electron chi connectivity index (χ1n) is 6.95. The average Bonchev–Trinajstić information content (AvgIpc) is 2.81. The normalized spacial score (nSPS) is 12.6. The Hall–Kier alpha value is -1.61. The van der Waals surface area contributed by atoms with Gasteiger partial charge in [0.15, 0.2) is 0 Å². The van der Waals surface area contributed by atoms with Gasteiger partial charge in [-0.1, -0.05) is 36.8 Å². The van der Waals surface area contributed by atoms with Gasteiger partial charge in [-0.25, -0.2) is 0 Å². The smallest absolute Gasteiger partial charge is 0.0631 e. The zero-order chi connectivity index (χ0) is 13.7. The fraction of sp³-hybridized carbons (Fsp3) is 0.438. The Morgan fingerprint density at radius 3 is 2.53 bits per heavy atom. The molecule has 3 heteroatoms. The molecule has 102 valence electrons. The molecular weight excluding hydrogens is 234 g/mol. The van der Waals surface area contributed by atoms with Crippen LogP contribution in [0.4, 0.5) is 0 Å². The average molecular weight is 257 g/mol. The quantitative estimate of drug-likeness (QED) is 0.862. The van der Waals surface area contributed by atoms with E-state index in [9.17, 15) is 0 Å². The zero-order valence-corrected chi connectivity index (χ0v) is 12.1. The summed E-state index contributed by atoms with van der Waals surface area (Å²) in [5.74, 6) is 0.482. The highest BCUT2D eigenvalue weighted by Gasteiger charge is 2.13. The standard InChI is InChI=1S/C16H23N3/c1-4-17-12-15(11-16-9-10-19(3)18-16)14-7-5-13(2)6-8-14/h5-10,15,17H,4,11-12H2,1-3H3. The van der Waals surface area contributed by atoms with E-state index in [1.807, 2.05) is 17.9 Å². The number of nitrogens with zero attached hydrogens (tertiary/aromatic N) is 2. The largest absolute Gasteiger partial charge is 0.316 e. The minimum Gasteiger partial charge on any atom is -0.316 e. The van der Waals surface area contributed by atoms with Gasteiger partial charge in [0.1, 0.15) is 0 Å². The van der Waals surface area contributed by atoms with Crippen molar-refractivity contribution in [3.8, 4) is 0 Å². The maximum absolute atomic E-state index is 4.49. The molecule has 0 saturated carbocycles.